The third-order valence-electron chi connectivity index (χ3n) is 3.16. The van der Waals surface area contributed by atoms with Crippen molar-refractivity contribution in [3.8, 4) is 0 Å². The van der Waals surface area contributed by atoms with Crippen LogP contribution in [-0.4, -0.2) is 68.6 Å². The van der Waals surface area contributed by atoms with Crippen molar-refractivity contribution in [3.05, 3.63) is 0 Å². The molecule has 0 unspecified atom stereocenters. The molecule has 0 aliphatic carbocycles. The first kappa shape index (κ1) is 15.6. The molecule has 7 heteroatoms. The van der Waals surface area contributed by atoms with Crippen LogP contribution in [0.5, 0.6) is 0 Å². The third kappa shape index (κ3) is 5.38. The first-order valence-electron chi connectivity index (χ1n) is 5.76. The molecule has 0 radical (unpaired) electrons. The van der Waals surface area contributed by atoms with E-state index in [9.17, 15) is 8.42 Å². The number of nitrogens with zero attached hydrogens (tertiary/aromatic N) is 2. The summed E-state index contributed by atoms with van der Waals surface area (Å²) in [4.78, 5) is 2.36. The Morgan fingerprint density at radius 2 is 1.94 bits per heavy atom. The molecule has 17 heavy (non-hydrogen) atoms. The number of rotatable bonds is 6. The van der Waals surface area contributed by atoms with Crippen LogP contribution in [0.4, 0.5) is 0 Å². The molecule has 1 aliphatic heterocycles. The maximum atomic E-state index is 11.4. The summed E-state index contributed by atoms with van der Waals surface area (Å²) in [6.45, 7) is 2.42. The summed E-state index contributed by atoms with van der Waals surface area (Å²) >= 11 is 0. The van der Waals surface area contributed by atoms with Gasteiger partial charge >= 0.3 is 0 Å². The molecular weight excluding hydrogens is 276 g/mol. The molecular formula is C10H22N2O2S3. The Balaban J connectivity index is 2.31. The largest absolute Gasteiger partial charge is 0.302 e. The van der Waals surface area contributed by atoms with Gasteiger partial charge in [-0.1, -0.05) is 21.6 Å². The Morgan fingerprint density at radius 1 is 1.35 bits per heavy atom. The van der Waals surface area contributed by atoms with Crippen LogP contribution < -0.4 is 0 Å². The second kappa shape index (κ2) is 7.23. The van der Waals surface area contributed by atoms with E-state index in [2.05, 4.69) is 18.2 Å². The normalized spacial score (nSPS) is 20.0. The van der Waals surface area contributed by atoms with Gasteiger partial charge in [-0.2, -0.15) is 0 Å². The fourth-order valence-corrected chi connectivity index (χ4v) is 4.19. The molecule has 0 saturated carbocycles. The Morgan fingerprint density at radius 3 is 2.41 bits per heavy atom. The van der Waals surface area contributed by atoms with E-state index in [4.69, 9.17) is 0 Å². The number of piperidine rings is 1. The first-order chi connectivity index (χ1) is 7.95. The molecule has 1 heterocycles. The molecule has 4 nitrogen and oxygen atoms in total. The zero-order valence-corrected chi connectivity index (χ0v) is 13.2. The molecule has 0 amide bonds. The van der Waals surface area contributed by atoms with E-state index in [0.29, 0.717) is 19.1 Å². The van der Waals surface area contributed by atoms with Gasteiger partial charge in [-0.05, 0) is 26.1 Å². The van der Waals surface area contributed by atoms with Gasteiger partial charge in [0.2, 0.25) is 10.0 Å². The van der Waals surface area contributed by atoms with Crippen LogP contribution in [0, 0.1) is 0 Å². The van der Waals surface area contributed by atoms with Crippen molar-refractivity contribution in [2.75, 3.05) is 44.9 Å². The lowest BCUT2D eigenvalue weighted by atomic mass is 10.1. The van der Waals surface area contributed by atoms with Crippen molar-refractivity contribution < 1.29 is 8.42 Å². The van der Waals surface area contributed by atoms with Crippen LogP contribution >= 0.6 is 21.6 Å². The van der Waals surface area contributed by atoms with Gasteiger partial charge in [-0.25, -0.2) is 12.7 Å². The van der Waals surface area contributed by atoms with E-state index in [0.717, 1.165) is 25.1 Å². The molecule has 1 saturated heterocycles. The molecule has 1 aliphatic rings. The summed E-state index contributed by atoms with van der Waals surface area (Å²) in [7, 11) is 2.82. The van der Waals surface area contributed by atoms with Crippen molar-refractivity contribution in [1.29, 1.82) is 0 Å². The Hall–Kier alpha value is 0.570. The lowest BCUT2D eigenvalue weighted by Crippen LogP contribution is -2.45. The van der Waals surface area contributed by atoms with Gasteiger partial charge < -0.3 is 4.90 Å². The van der Waals surface area contributed by atoms with Crippen LogP contribution in [0.3, 0.4) is 0 Å². The fourth-order valence-electron chi connectivity index (χ4n) is 2.06. The SMILES string of the molecule is CSSCCN(C)C1CCN(S(C)(=O)=O)CC1. The van der Waals surface area contributed by atoms with Crippen LogP contribution in [-0.2, 0) is 10.0 Å². The highest BCUT2D eigenvalue weighted by Gasteiger charge is 2.26. The van der Waals surface area contributed by atoms with Gasteiger partial charge in [-0.15, -0.1) is 0 Å². The van der Waals surface area contributed by atoms with Crippen LogP contribution in [0.1, 0.15) is 12.8 Å². The summed E-state index contributed by atoms with van der Waals surface area (Å²) in [5.74, 6) is 1.13. The summed E-state index contributed by atoms with van der Waals surface area (Å²) < 4.78 is 24.4. The van der Waals surface area contributed by atoms with Gasteiger partial charge in [-0.3, -0.25) is 0 Å². The molecule has 102 valence electrons. The predicted molar refractivity (Wildman–Crippen MR) is 78.0 cm³/mol. The Bertz CT molecular complexity index is 314. The summed E-state index contributed by atoms with van der Waals surface area (Å²) in [5.41, 5.74) is 0. The first-order valence-corrected chi connectivity index (χ1v) is 10.3. The molecule has 0 aromatic carbocycles. The second-order valence-electron chi connectivity index (χ2n) is 4.36. The maximum Gasteiger partial charge on any atom is 0.211 e. The predicted octanol–water partition coefficient (Wildman–Crippen LogP) is 1.35. The van der Waals surface area contributed by atoms with Gasteiger partial charge in [0.05, 0.1) is 6.26 Å². The molecule has 1 rings (SSSR count). The topological polar surface area (TPSA) is 40.6 Å². The fraction of sp³-hybridized carbons (Fsp3) is 1.00. The summed E-state index contributed by atoms with van der Waals surface area (Å²) in [5, 5.41) is 0. The standard InChI is InChI=1S/C10H22N2O2S3/c1-11(8-9-16-15-2)10-4-6-12(7-5-10)17(3,13)14/h10H,4-9H2,1-3H3. The van der Waals surface area contributed by atoms with Crippen molar-refractivity contribution in [2.45, 2.75) is 18.9 Å². The van der Waals surface area contributed by atoms with E-state index in [1.54, 1.807) is 15.1 Å². The lowest BCUT2D eigenvalue weighted by molar-refractivity contribution is 0.176. The molecule has 0 spiro atoms. The van der Waals surface area contributed by atoms with E-state index < -0.39 is 10.0 Å². The molecule has 0 aromatic heterocycles. The second-order valence-corrected chi connectivity index (χ2v) is 9.03. The number of sulfonamides is 1. The minimum atomic E-state index is -2.99. The number of hydrogen-bond donors (Lipinski definition) is 0. The minimum Gasteiger partial charge on any atom is -0.302 e. The molecule has 0 bridgehead atoms. The van der Waals surface area contributed by atoms with Crippen molar-refractivity contribution >= 4 is 31.6 Å². The molecule has 1 fully saturated rings. The minimum absolute atomic E-state index is 0.537. The van der Waals surface area contributed by atoms with Crippen LogP contribution in [0.2, 0.25) is 0 Å². The lowest BCUT2D eigenvalue weighted by Gasteiger charge is -2.35. The van der Waals surface area contributed by atoms with Crippen LogP contribution in [0.25, 0.3) is 0 Å². The Kier molecular flexibility index (Phi) is 6.65. The molecule has 0 aromatic rings. The number of hydrogen-bond acceptors (Lipinski definition) is 5. The molecule has 0 atom stereocenters. The van der Waals surface area contributed by atoms with Gasteiger partial charge in [0.25, 0.3) is 0 Å². The average Bonchev–Trinajstić information content (AvgIpc) is 2.28. The van der Waals surface area contributed by atoms with E-state index in [-0.39, 0.29) is 0 Å². The summed E-state index contributed by atoms with van der Waals surface area (Å²) in [6, 6.07) is 0.537. The quantitative estimate of drug-likeness (QED) is 0.547. The van der Waals surface area contributed by atoms with Gasteiger partial charge in [0.1, 0.15) is 0 Å². The highest BCUT2D eigenvalue weighted by molar-refractivity contribution is 8.76. The maximum absolute atomic E-state index is 11.4. The van der Waals surface area contributed by atoms with E-state index >= 15 is 0 Å². The van der Waals surface area contributed by atoms with E-state index in [1.165, 1.54) is 6.26 Å². The Labute approximate surface area is 113 Å². The van der Waals surface area contributed by atoms with Crippen molar-refractivity contribution in [3.63, 3.8) is 0 Å². The van der Waals surface area contributed by atoms with E-state index in [1.807, 2.05) is 10.8 Å². The highest BCUT2D eigenvalue weighted by atomic mass is 33.1. The van der Waals surface area contributed by atoms with Crippen molar-refractivity contribution in [1.82, 2.24) is 9.21 Å². The zero-order valence-electron chi connectivity index (χ0n) is 10.8. The third-order valence-corrected chi connectivity index (χ3v) is 6.26. The average molecular weight is 298 g/mol. The van der Waals surface area contributed by atoms with Crippen LogP contribution in [0.15, 0.2) is 0 Å². The smallest absolute Gasteiger partial charge is 0.211 e. The van der Waals surface area contributed by atoms with Crippen molar-refractivity contribution in [2.24, 2.45) is 0 Å². The monoisotopic (exact) mass is 298 g/mol. The van der Waals surface area contributed by atoms with Gasteiger partial charge in [0.15, 0.2) is 0 Å². The summed E-state index contributed by atoms with van der Waals surface area (Å²) in [6.07, 6.45) is 5.29. The highest BCUT2D eigenvalue weighted by Crippen LogP contribution is 2.20. The molecule has 0 N–H and O–H groups in total. The van der Waals surface area contributed by atoms with Gasteiger partial charge in [0, 0.05) is 31.4 Å². The zero-order chi connectivity index (χ0) is 12.9.